The Morgan fingerprint density at radius 2 is 1.88 bits per heavy atom. The van der Waals surface area contributed by atoms with Crippen LogP contribution in [0.25, 0.3) is 0 Å². The first kappa shape index (κ1) is 13.0. The fourth-order valence-electron chi connectivity index (χ4n) is 2.16. The van der Waals surface area contributed by atoms with Crippen molar-refractivity contribution in [1.29, 1.82) is 0 Å². The van der Waals surface area contributed by atoms with Crippen molar-refractivity contribution in [3.05, 3.63) is 29.8 Å². The van der Waals surface area contributed by atoms with Gasteiger partial charge in [-0.15, -0.1) is 0 Å². The zero-order valence-corrected chi connectivity index (χ0v) is 10.4. The van der Waals surface area contributed by atoms with Crippen LogP contribution in [0.1, 0.15) is 38.3 Å². The molecule has 0 aliphatic heterocycles. The summed E-state index contributed by atoms with van der Waals surface area (Å²) in [5.41, 5.74) is 4.06. The molecule has 0 bridgehead atoms. The van der Waals surface area contributed by atoms with E-state index in [1.54, 1.807) is 7.11 Å². The minimum absolute atomic E-state index is 0.158. The fraction of sp³-hybridized carbons (Fsp3) is 0.538. The minimum Gasteiger partial charge on any atom is -0.496 e. The first-order valence-electron chi connectivity index (χ1n) is 5.87. The lowest BCUT2D eigenvalue weighted by Crippen LogP contribution is -2.33. The Morgan fingerprint density at radius 1 is 1.25 bits per heavy atom. The number of nitrogens with two attached hydrogens (primary N) is 1. The molecule has 0 saturated carbocycles. The monoisotopic (exact) mass is 222 g/mol. The third-order valence-electron chi connectivity index (χ3n) is 3.17. The molecule has 0 heterocycles. The molecule has 3 heteroatoms. The quantitative estimate of drug-likeness (QED) is 0.574. The molecule has 0 aromatic heterocycles. The minimum atomic E-state index is 0.158. The molecular weight excluding hydrogens is 200 g/mol. The van der Waals surface area contributed by atoms with Gasteiger partial charge in [-0.3, -0.25) is 11.3 Å². The molecule has 0 spiro atoms. The van der Waals surface area contributed by atoms with Crippen molar-refractivity contribution in [2.45, 2.75) is 32.7 Å². The molecule has 1 aromatic carbocycles. The number of ether oxygens (including phenoxy) is 1. The number of methoxy groups -OCH3 is 1. The predicted octanol–water partition coefficient (Wildman–Crippen LogP) is 2.64. The fourth-order valence-corrected chi connectivity index (χ4v) is 2.16. The molecule has 3 N–H and O–H groups in total. The lowest BCUT2D eigenvalue weighted by Gasteiger charge is -2.26. The summed E-state index contributed by atoms with van der Waals surface area (Å²) in [6.45, 7) is 4.38. The van der Waals surface area contributed by atoms with Crippen LogP contribution in [0.15, 0.2) is 24.3 Å². The first-order chi connectivity index (χ1) is 7.78. The summed E-state index contributed by atoms with van der Waals surface area (Å²) in [6.07, 6.45) is 2.20. The molecule has 0 aliphatic rings. The van der Waals surface area contributed by atoms with E-state index in [0.717, 1.165) is 24.2 Å². The van der Waals surface area contributed by atoms with Gasteiger partial charge in [0, 0.05) is 5.56 Å². The van der Waals surface area contributed by atoms with Gasteiger partial charge >= 0.3 is 0 Å². The van der Waals surface area contributed by atoms with Crippen LogP contribution >= 0.6 is 0 Å². The lowest BCUT2D eigenvalue weighted by molar-refractivity contribution is 0.329. The van der Waals surface area contributed by atoms with Crippen molar-refractivity contribution in [3.8, 4) is 5.75 Å². The van der Waals surface area contributed by atoms with Gasteiger partial charge in [0.15, 0.2) is 0 Å². The van der Waals surface area contributed by atoms with E-state index in [4.69, 9.17) is 10.6 Å². The van der Waals surface area contributed by atoms with Crippen molar-refractivity contribution >= 4 is 0 Å². The molecule has 1 aromatic rings. The SMILES string of the molecule is CCC(CC)C(NN)c1ccccc1OC. The van der Waals surface area contributed by atoms with Gasteiger partial charge in [-0.05, 0) is 12.0 Å². The Hall–Kier alpha value is -1.06. The Labute approximate surface area is 98.0 Å². The molecule has 0 amide bonds. The van der Waals surface area contributed by atoms with Crippen molar-refractivity contribution in [1.82, 2.24) is 5.43 Å². The maximum Gasteiger partial charge on any atom is 0.123 e. The van der Waals surface area contributed by atoms with Crippen LogP contribution in [0.4, 0.5) is 0 Å². The summed E-state index contributed by atoms with van der Waals surface area (Å²) in [7, 11) is 1.69. The van der Waals surface area contributed by atoms with Gasteiger partial charge in [0.2, 0.25) is 0 Å². The molecule has 1 rings (SSSR count). The number of rotatable bonds is 6. The van der Waals surface area contributed by atoms with Crippen LogP contribution in [0.2, 0.25) is 0 Å². The second kappa shape index (κ2) is 6.51. The van der Waals surface area contributed by atoms with Gasteiger partial charge in [-0.1, -0.05) is 44.9 Å². The number of hydrogen-bond acceptors (Lipinski definition) is 3. The van der Waals surface area contributed by atoms with Crippen molar-refractivity contribution in [2.24, 2.45) is 11.8 Å². The summed E-state index contributed by atoms with van der Waals surface area (Å²) < 4.78 is 5.37. The molecule has 0 fully saturated rings. The van der Waals surface area contributed by atoms with Crippen molar-refractivity contribution < 1.29 is 4.74 Å². The number of hydrogen-bond donors (Lipinski definition) is 2. The Balaban J connectivity index is 3.02. The molecule has 16 heavy (non-hydrogen) atoms. The molecule has 90 valence electrons. The third-order valence-corrected chi connectivity index (χ3v) is 3.17. The van der Waals surface area contributed by atoms with Crippen LogP contribution in [-0.2, 0) is 0 Å². The number of benzene rings is 1. The third kappa shape index (κ3) is 2.74. The second-order valence-electron chi connectivity index (χ2n) is 3.96. The largest absolute Gasteiger partial charge is 0.496 e. The lowest BCUT2D eigenvalue weighted by atomic mass is 9.89. The molecule has 1 unspecified atom stereocenters. The van der Waals surface area contributed by atoms with Crippen molar-refractivity contribution in [2.75, 3.05) is 7.11 Å². The van der Waals surface area contributed by atoms with E-state index in [1.807, 2.05) is 18.2 Å². The van der Waals surface area contributed by atoms with Gasteiger partial charge in [0.05, 0.1) is 13.2 Å². The normalized spacial score (nSPS) is 12.8. The highest BCUT2D eigenvalue weighted by molar-refractivity contribution is 5.36. The molecule has 1 atom stereocenters. The summed E-state index contributed by atoms with van der Waals surface area (Å²) in [4.78, 5) is 0. The predicted molar refractivity (Wildman–Crippen MR) is 67.1 cm³/mol. The first-order valence-corrected chi connectivity index (χ1v) is 5.87. The van der Waals surface area contributed by atoms with Gasteiger partial charge in [-0.25, -0.2) is 0 Å². The number of hydrazine groups is 1. The highest BCUT2D eigenvalue weighted by Crippen LogP contribution is 2.32. The van der Waals surface area contributed by atoms with E-state index in [0.29, 0.717) is 5.92 Å². The average Bonchev–Trinajstić information content (AvgIpc) is 2.35. The van der Waals surface area contributed by atoms with Crippen LogP contribution in [0.3, 0.4) is 0 Å². The summed E-state index contributed by atoms with van der Waals surface area (Å²) in [5.74, 6) is 7.10. The summed E-state index contributed by atoms with van der Waals surface area (Å²) in [6, 6.07) is 8.20. The van der Waals surface area contributed by atoms with Crippen LogP contribution < -0.4 is 16.0 Å². The standard InChI is InChI=1S/C13H22N2O/c1-4-10(5-2)13(15-14)11-8-6-7-9-12(11)16-3/h6-10,13,15H,4-5,14H2,1-3H3. The second-order valence-corrected chi connectivity index (χ2v) is 3.96. The maximum absolute atomic E-state index is 5.67. The van der Waals surface area contributed by atoms with Crippen LogP contribution in [0.5, 0.6) is 5.75 Å². The Kier molecular flexibility index (Phi) is 5.29. The Morgan fingerprint density at radius 3 is 2.38 bits per heavy atom. The van der Waals surface area contributed by atoms with Crippen LogP contribution in [-0.4, -0.2) is 7.11 Å². The average molecular weight is 222 g/mol. The van der Waals surface area contributed by atoms with E-state index >= 15 is 0 Å². The van der Waals surface area contributed by atoms with Crippen molar-refractivity contribution in [3.63, 3.8) is 0 Å². The maximum atomic E-state index is 5.67. The van der Waals surface area contributed by atoms with Gasteiger partial charge in [-0.2, -0.15) is 0 Å². The van der Waals surface area contributed by atoms with E-state index in [9.17, 15) is 0 Å². The number of para-hydroxylation sites is 1. The number of nitrogens with one attached hydrogen (secondary N) is 1. The topological polar surface area (TPSA) is 47.3 Å². The van der Waals surface area contributed by atoms with E-state index in [-0.39, 0.29) is 6.04 Å². The highest BCUT2D eigenvalue weighted by atomic mass is 16.5. The van der Waals surface area contributed by atoms with E-state index in [2.05, 4.69) is 25.3 Å². The van der Waals surface area contributed by atoms with Gasteiger partial charge < -0.3 is 4.74 Å². The summed E-state index contributed by atoms with van der Waals surface area (Å²) >= 11 is 0. The van der Waals surface area contributed by atoms with E-state index < -0.39 is 0 Å². The summed E-state index contributed by atoms with van der Waals surface area (Å²) in [5, 5.41) is 0. The molecule has 0 aliphatic carbocycles. The Bertz CT molecular complexity index is 311. The zero-order valence-electron chi connectivity index (χ0n) is 10.4. The van der Waals surface area contributed by atoms with E-state index in [1.165, 1.54) is 0 Å². The highest BCUT2D eigenvalue weighted by Gasteiger charge is 2.21. The zero-order chi connectivity index (χ0) is 12.0. The molecular formula is C13H22N2O. The molecule has 0 radical (unpaired) electrons. The van der Waals surface area contributed by atoms with Gasteiger partial charge in [0.1, 0.15) is 5.75 Å². The molecule has 0 saturated heterocycles. The van der Waals surface area contributed by atoms with Gasteiger partial charge in [0.25, 0.3) is 0 Å². The van der Waals surface area contributed by atoms with Crippen LogP contribution in [0, 0.1) is 5.92 Å². The molecule has 3 nitrogen and oxygen atoms in total. The smallest absolute Gasteiger partial charge is 0.123 e.